The Morgan fingerprint density at radius 2 is 1.97 bits per heavy atom. The molecule has 0 aliphatic carbocycles. The average molecular weight is 573 g/mol. The maximum Gasteiger partial charge on any atom is 0.191 e. The Kier molecular flexibility index (Phi) is 9.52. The first-order valence-electron chi connectivity index (χ1n) is 8.98. The molecule has 0 atom stereocenters. The molecule has 0 saturated heterocycles. The molecule has 0 saturated carbocycles. The molecule has 0 radical (unpaired) electrons. The van der Waals surface area contributed by atoms with Gasteiger partial charge in [-0.2, -0.15) is 5.10 Å². The maximum atomic E-state index is 13.8. The Morgan fingerprint density at radius 1 is 1.17 bits per heavy atom. The SMILES string of the molecule is CN=C(NCCCc1ccc(Br)cc1F)NCc1ccc(-n2cncn2)cc1.I. The van der Waals surface area contributed by atoms with Crippen molar-refractivity contribution < 1.29 is 4.39 Å². The molecule has 0 aliphatic heterocycles. The first-order chi connectivity index (χ1) is 13.7. The van der Waals surface area contributed by atoms with Gasteiger partial charge in [-0.15, -0.1) is 24.0 Å². The van der Waals surface area contributed by atoms with E-state index in [2.05, 4.69) is 41.6 Å². The van der Waals surface area contributed by atoms with E-state index in [9.17, 15) is 4.39 Å². The molecule has 1 heterocycles. The smallest absolute Gasteiger partial charge is 0.191 e. The standard InChI is InChI=1S/C20H22BrFN6.HI/c1-23-20(25-10-2-3-16-6-7-17(21)11-19(16)22)26-12-15-4-8-18(9-5-15)28-14-24-13-27-28;/h4-9,11,13-14H,2-3,10,12H2,1H3,(H2,23,25,26);1H. The number of guanidine groups is 1. The molecule has 0 unspecified atom stereocenters. The minimum absolute atomic E-state index is 0. The van der Waals surface area contributed by atoms with Gasteiger partial charge in [0.25, 0.3) is 0 Å². The van der Waals surface area contributed by atoms with Crippen LogP contribution in [-0.2, 0) is 13.0 Å². The number of aryl methyl sites for hydroxylation is 1. The molecular weight excluding hydrogens is 550 g/mol. The number of aliphatic imine (C=N–C) groups is 1. The van der Waals surface area contributed by atoms with Crippen LogP contribution in [0.15, 0.2) is 64.6 Å². The van der Waals surface area contributed by atoms with Gasteiger partial charge in [-0.05, 0) is 48.2 Å². The lowest BCUT2D eigenvalue weighted by molar-refractivity contribution is 0.602. The average Bonchev–Trinajstić information content (AvgIpc) is 3.24. The summed E-state index contributed by atoms with van der Waals surface area (Å²) < 4.78 is 16.3. The highest BCUT2D eigenvalue weighted by Gasteiger charge is 2.04. The summed E-state index contributed by atoms with van der Waals surface area (Å²) in [5.74, 6) is 0.544. The van der Waals surface area contributed by atoms with Crippen LogP contribution in [0.2, 0.25) is 0 Å². The Labute approximate surface area is 195 Å². The first kappa shape index (κ1) is 23.3. The van der Waals surface area contributed by atoms with Gasteiger partial charge in [0.15, 0.2) is 5.96 Å². The third kappa shape index (κ3) is 7.07. The minimum atomic E-state index is -0.175. The van der Waals surface area contributed by atoms with E-state index in [0.717, 1.165) is 33.7 Å². The largest absolute Gasteiger partial charge is 0.356 e. The van der Waals surface area contributed by atoms with E-state index in [1.807, 2.05) is 36.4 Å². The lowest BCUT2D eigenvalue weighted by atomic mass is 10.1. The third-order valence-electron chi connectivity index (χ3n) is 4.23. The van der Waals surface area contributed by atoms with Crippen molar-refractivity contribution in [1.29, 1.82) is 0 Å². The Bertz CT molecular complexity index is 915. The fourth-order valence-electron chi connectivity index (χ4n) is 2.72. The van der Waals surface area contributed by atoms with Crippen LogP contribution in [0, 0.1) is 5.82 Å². The molecule has 9 heteroatoms. The van der Waals surface area contributed by atoms with Gasteiger partial charge in [0.05, 0.1) is 5.69 Å². The molecular formula is C20H23BrFIN6. The lowest BCUT2D eigenvalue weighted by Crippen LogP contribution is -2.37. The summed E-state index contributed by atoms with van der Waals surface area (Å²) in [5, 5.41) is 10.7. The van der Waals surface area contributed by atoms with Crippen molar-refractivity contribution in [2.24, 2.45) is 4.99 Å². The van der Waals surface area contributed by atoms with Gasteiger partial charge in [0, 0.05) is 24.6 Å². The maximum absolute atomic E-state index is 13.8. The molecule has 3 aromatic rings. The molecule has 29 heavy (non-hydrogen) atoms. The van der Waals surface area contributed by atoms with Gasteiger partial charge >= 0.3 is 0 Å². The molecule has 0 fully saturated rings. The van der Waals surface area contributed by atoms with Crippen molar-refractivity contribution in [3.63, 3.8) is 0 Å². The number of benzene rings is 2. The van der Waals surface area contributed by atoms with Crippen LogP contribution in [-0.4, -0.2) is 34.3 Å². The second-order valence-corrected chi connectivity index (χ2v) is 7.11. The van der Waals surface area contributed by atoms with Crippen LogP contribution >= 0.6 is 39.9 Å². The molecule has 2 N–H and O–H groups in total. The number of rotatable bonds is 7. The second kappa shape index (κ2) is 11.9. The van der Waals surface area contributed by atoms with Gasteiger partial charge in [-0.1, -0.05) is 34.1 Å². The quantitative estimate of drug-likeness (QED) is 0.194. The van der Waals surface area contributed by atoms with Crippen molar-refractivity contribution in [3.05, 3.63) is 76.5 Å². The number of hydrogen-bond donors (Lipinski definition) is 2. The van der Waals surface area contributed by atoms with E-state index in [1.165, 1.54) is 12.4 Å². The summed E-state index contributed by atoms with van der Waals surface area (Å²) in [5.41, 5.74) is 2.81. The highest BCUT2D eigenvalue weighted by Crippen LogP contribution is 2.16. The van der Waals surface area contributed by atoms with Gasteiger partial charge in [-0.25, -0.2) is 14.1 Å². The fourth-order valence-corrected chi connectivity index (χ4v) is 3.06. The summed E-state index contributed by atoms with van der Waals surface area (Å²) in [4.78, 5) is 8.17. The normalized spacial score (nSPS) is 11.1. The van der Waals surface area contributed by atoms with Gasteiger partial charge < -0.3 is 10.6 Å². The Morgan fingerprint density at radius 3 is 2.62 bits per heavy atom. The topological polar surface area (TPSA) is 67.1 Å². The molecule has 0 aliphatic rings. The second-order valence-electron chi connectivity index (χ2n) is 6.20. The Balaban J connectivity index is 0.00000300. The molecule has 1 aromatic heterocycles. The zero-order chi connectivity index (χ0) is 19.8. The van der Waals surface area contributed by atoms with E-state index in [1.54, 1.807) is 18.1 Å². The summed E-state index contributed by atoms with van der Waals surface area (Å²) in [7, 11) is 1.73. The predicted molar refractivity (Wildman–Crippen MR) is 127 cm³/mol. The lowest BCUT2D eigenvalue weighted by Gasteiger charge is -2.12. The van der Waals surface area contributed by atoms with E-state index in [4.69, 9.17) is 0 Å². The molecule has 0 amide bonds. The van der Waals surface area contributed by atoms with Crippen molar-refractivity contribution in [2.45, 2.75) is 19.4 Å². The summed E-state index contributed by atoms with van der Waals surface area (Å²) in [6.07, 6.45) is 4.66. The van der Waals surface area contributed by atoms with Crippen molar-refractivity contribution in [1.82, 2.24) is 25.4 Å². The number of nitrogens with one attached hydrogen (secondary N) is 2. The van der Waals surface area contributed by atoms with Crippen molar-refractivity contribution in [3.8, 4) is 5.69 Å². The van der Waals surface area contributed by atoms with Crippen LogP contribution < -0.4 is 10.6 Å². The van der Waals surface area contributed by atoms with Gasteiger partial charge in [0.2, 0.25) is 0 Å². The summed E-state index contributed by atoms with van der Waals surface area (Å²) in [6, 6.07) is 13.2. The van der Waals surface area contributed by atoms with Crippen LogP contribution in [0.3, 0.4) is 0 Å². The molecule has 2 aromatic carbocycles. The Hall–Kier alpha value is -2.01. The zero-order valence-corrected chi connectivity index (χ0v) is 19.9. The molecule has 6 nitrogen and oxygen atoms in total. The molecule has 3 rings (SSSR count). The molecule has 0 spiro atoms. The van der Waals surface area contributed by atoms with Crippen LogP contribution in [0.4, 0.5) is 4.39 Å². The summed E-state index contributed by atoms with van der Waals surface area (Å²) in [6.45, 7) is 1.36. The first-order valence-corrected chi connectivity index (χ1v) is 9.77. The van der Waals surface area contributed by atoms with Crippen LogP contribution in [0.1, 0.15) is 17.5 Å². The summed E-state index contributed by atoms with van der Waals surface area (Å²) >= 11 is 3.27. The van der Waals surface area contributed by atoms with Crippen LogP contribution in [0.5, 0.6) is 0 Å². The van der Waals surface area contributed by atoms with Crippen molar-refractivity contribution >= 4 is 45.9 Å². The number of hydrogen-bond acceptors (Lipinski definition) is 3. The predicted octanol–water partition coefficient (Wildman–Crippen LogP) is 4.08. The van der Waals surface area contributed by atoms with E-state index in [-0.39, 0.29) is 29.8 Å². The minimum Gasteiger partial charge on any atom is -0.356 e. The fraction of sp³-hybridized carbons (Fsp3) is 0.250. The number of aromatic nitrogens is 3. The van der Waals surface area contributed by atoms with E-state index < -0.39 is 0 Å². The molecule has 0 bridgehead atoms. The number of halogens is 3. The van der Waals surface area contributed by atoms with E-state index in [0.29, 0.717) is 19.5 Å². The highest BCUT2D eigenvalue weighted by molar-refractivity contribution is 14.0. The zero-order valence-electron chi connectivity index (χ0n) is 16.0. The third-order valence-corrected chi connectivity index (χ3v) is 4.73. The van der Waals surface area contributed by atoms with E-state index >= 15 is 0 Å². The molecule has 154 valence electrons. The number of nitrogens with zero attached hydrogens (tertiary/aromatic N) is 4. The monoisotopic (exact) mass is 572 g/mol. The van der Waals surface area contributed by atoms with Gasteiger partial charge in [-0.3, -0.25) is 4.99 Å². The van der Waals surface area contributed by atoms with Crippen LogP contribution in [0.25, 0.3) is 5.69 Å². The highest BCUT2D eigenvalue weighted by atomic mass is 127. The van der Waals surface area contributed by atoms with Crippen molar-refractivity contribution in [2.75, 3.05) is 13.6 Å². The van der Waals surface area contributed by atoms with Gasteiger partial charge in [0.1, 0.15) is 18.5 Å².